The molecule has 0 amide bonds. The molecule has 0 aromatic heterocycles. The van der Waals surface area contributed by atoms with Crippen LogP contribution in [0.1, 0.15) is 29.5 Å². The van der Waals surface area contributed by atoms with E-state index in [-0.39, 0.29) is 0 Å². The van der Waals surface area contributed by atoms with Crippen LogP contribution in [0.25, 0.3) is 11.1 Å². The fraction of sp³-hybridized carbons (Fsp3) is 0.333. The first-order valence-corrected chi connectivity index (χ1v) is 7.60. The first-order chi connectivity index (χ1) is 9.61. The van der Waals surface area contributed by atoms with Gasteiger partial charge in [-0.15, -0.1) is 0 Å². The summed E-state index contributed by atoms with van der Waals surface area (Å²) in [5.41, 5.74) is 6.20. The highest BCUT2D eigenvalue weighted by Crippen LogP contribution is 2.28. The number of hydrogen-bond acceptors (Lipinski definition) is 1. The van der Waals surface area contributed by atoms with Crippen LogP contribution in [0, 0.1) is 13.8 Å². The molecule has 0 saturated heterocycles. The second kappa shape index (κ2) is 5.59. The summed E-state index contributed by atoms with van der Waals surface area (Å²) in [4.78, 5) is 0. The van der Waals surface area contributed by atoms with Gasteiger partial charge in [0.05, 0.1) is 0 Å². The lowest BCUT2D eigenvalue weighted by Gasteiger charge is -2.10. The summed E-state index contributed by atoms with van der Waals surface area (Å²) in [7, 11) is 0. The molecule has 1 saturated carbocycles. The molecule has 0 unspecified atom stereocenters. The van der Waals surface area contributed by atoms with Crippen LogP contribution in [0.4, 0.5) is 0 Å². The van der Waals surface area contributed by atoms with Gasteiger partial charge >= 0.3 is 0 Å². The quantitative estimate of drug-likeness (QED) is 0.844. The van der Waals surface area contributed by atoms with Crippen molar-refractivity contribution in [1.82, 2.24) is 5.32 Å². The molecule has 0 aliphatic heterocycles. The van der Waals surface area contributed by atoms with Crippen LogP contribution < -0.4 is 5.32 Å². The molecule has 1 nitrogen and oxygen atoms in total. The smallest absolute Gasteiger partial charge is 0.0457 e. The van der Waals surface area contributed by atoms with Crippen molar-refractivity contribution < 1.29 is 0 Å². The Labute approximate surface area is 126 Å². The van der Waals surface area contributed by atoms with Crippen LogP contribution in [0.3, 0.4) is 0 Å². The third-order valence-electron chi connectivity index (χ3n) is 3.77. The van der Waals surface area contributed by atoms with Crippen molar-refractivity contribution in [2.45, 2.75) is 39.3 Å². The maximum atomic E-state index is 6.42. The van der Waals surface area contributed by atoms with E-state index >= 15 is 0 Å². The first kappa shape index (κ1) is 13.7. The zero-order valence-electron chi connectivity index (χ0n) is 12.0. The van der Waals surface area contributed by atoms with Crippen molar-refractivity contribution in [2.75, 3.05) is 0 Å². The van der Waals surface area contributed by atoms with Gasteiger partial charge in [0.1, 0.15) is 0 Å². The Kier molecular flexibility index (Phi) is 3.82. The predicted molar refractivity (Wildman–Crippen MR) is 86.2 cm³/mol. The molecule has 0 atom stereocenters. The molecule has 0 heterocycles. The molecule has 20 heavy (non-hydrogen) atoms. The largest absolute Gasteiger partial charge is 0.310 e. The Balaban J connectivity index is 1.84. The van der Waals surface area contributed by atoms with Crippen LogP contribution in [-0.4, -0.2) is 6.04 Å². The highest BCUT2D eigenvalue weighted by atomic mass is 35.5. The summed E-state index contributed by atoms with van der Waals surface area (Å²) < 4.78 is 0. The Hall–Kier alpha value is -1.31. The van der Waals surface area contributed by atoms with Crippen molar-refractivity contribution >= 4 is 11.6 Å². The maximum absolute atomic E-state index is 6.42. The van der Waals surface area contributed by atoms with E-state index in [4.69, 9.17) is 11.6 Å². The van der Waals surface area contributed by atoms with Crippen molar-refractivity contribution in [2.24, 2.45) is 0 Å². The average molecular weight is 286 g/mol. The van der Waals surface area contributed by atoms with Gasteiger partial charge in [0.2, 0.25) is 0 Å². The third kappa shape index (κ3) is 3.23. The number of halogens is 1. The fourth-order valence-electron chi connectivity index (χ4n) is 2.55. The number of aryl methyl sites for hydroxylation is 2. The Morgan fingerprint density at radius 1 is 1.00 bits per heavy atom. The third-order valence-corrected chi connectivity index (χ3v) is 4.12. The van der Waals surface area contributed by atoms with Crippen molar-refractivity contribution in [3.8, 4) is 11.1 Å². The second-order valence-corrected chi connectivity index (χ2v) is 6.24. The average Bonchev–Trinajstić information content (AvgIpc) is 3.20. The Morgan fingerprint density at radius 3 is 2.30 bits per heavy atom. The van der Waals surface area contributed by atoms with Crippen LogP contribution in [0.15, 0.2) is 36.4 Å². The standard InChI is InChI=1S/C18H20ClN/c1-12-7-13(2)9-16(8-12)14-3-4-15(18(19)10-14)11-20-17-5-6-17/h3-4,7-10,17,20H,5-6,11H2,1-2H3. The fourth-order valence-corrected chi connectivity index (χ4v) is 2.80. The van der Waals surface area contributed by atoms with Gasteiger partial charge in [-0.05, 0) is 49.4 Å². The molecule has 3 rings (SSSR count). The SMILES string of the molecule is Cc1cc(C)cc(-c2ccc(CNC3CC3)c(Cl)c2)c1. The summed E-state index contributed by atoms with van der Waals surface area (Å²) in [6, 6.07) is 13.7. The van der Waals surface area contributed by atoms with Gasteiger partial charge in [-0.1, -0.05) is 53.1 Å². The van der Waals surface area contributed by atoms with E-state index < -0.39 is 0 Å². The van der Waals surface area contributed by atoms with Crippen molar-refractivity contribution in [3.63, 3.8) is 0 Å². The monoisotopic (exact) mass is 285 g/mol. The predicted octanol–water partition coefficient (Wildman–Crippen LogP) is 4.88. The molecule has 104 valence electrons. The molecule has 0 radical (unpaired) electrons. The minimum Gasteiger partial charge on any atom is -0.310 e. The molecule has 2 aromatic rings. The highest BCUT2D eigenvalue weighted by Gasteiger charge is 2.20. The van der Waals surface area contributed by atoms with E-state index in [0.29, 0.717) is 6.04 Å². The summed E-state index contributed by atoms with van der Waals surface area (Å²) >= 11 is 6.42. The summed E-state index contributed by atoms with van der Waals surface area (Å²) in [5, 5.41) is 4.36. The minimum absolute atomic E-state index is 0.713. The maximum Gasteiger partial charge on any atom is 0.0457 e. The van der Waals surface area contributed by atoms with Crippen LogP contribution >= 0.6 is 11.6 Å². The molecule has 2 heteroatoms. The number of benzene rings is 2. The van der Waals surface area contributed by atoms with Gasteiger partial charge in [-0.2, -0.15) is 0 Å². The number of hydrogen-bond donors (Lipinski definition) is 1. The molecule has 1 aliphatic carbocycles. The lowest BCUT2D eigenvalue weighted by Crippen LogP contribution is -2.15. The molecular formula is C18H20ClN. The van der Waals surface area contributed by atoms with E-state index in [0.717, 1.165) is 11.6 Å². The molecule has 1 aliphatic rings. The van der Waals surface area contributed by atoms with Gasteiger partial charge in [-0.25, -0.2) is 0 Å². The highest BCUT2D eigenvalue weighted by molar-refractivity contribution is 6.31. The van der Waals surface area contributed by atoms with Crippen LogP contribution in [0.2, 0.25) is 5.02 Å². The zero-order valence-corrected chi connectivity index (χ0v) is 12.8. The van der Waals surface area contributed by atoms with Crippen LogP contribution in [-0.2, 0) is 6.54 Å². The molecule has 0 bridgehead atoms. The van der Waals surface area contributed by atoms with Crippen LogP contribution in [0.5, 0.6) is 0 Å². The topological polar surface area (TPSA) is 12.0 Å². The van der Waals surface area contributed by atoms with E-state index in [1.807, 2.05) is 0 Å². The lowest BCUT2D eigenvalue weighted by atomic mass is 10.00. The molecule has 0 spiro atoms. The summed E-state index contributed by atoms with van der Waals surface area (Å²) in [5.74, 6) is 0. The van der Waals surface area contributed by atoms with Gasteiger partial charge in [0.25, 0.3) is 0 Å². The minimum atomic E-state index is 0.713. The Bertz CT molecular complexity index is 609. The summed E-state index contributed by atoms with van der Waals surface area (Å²) in [6.45, 7) is 5.13. The number of nitrogens with one attached hydrogen (secondary N) is 1. The van der Waals surface area contributed by atoms with E-state index in [1.54, 1.807) is 0 Å². The molecule has 2 aromatic carbocycles. The zero-order chi connectivity index (χ0) is 14.1. The van der Waals surface area contributed by atoms with E-state index in [9.17, 15) is 0 Å². The lowest BCUT2D eigenvalue weighted by molar-refractivity contribution is 0.688. The molecule has 1 N–H and O–H groups in total. The van der Waals surface area contributed by atoms with Gasteiger partial charge in [0, 0.05) is 17.6 Å². The van der Waals surface area contributed by atoms with Gasteiger partial charge in [-0.3, -0.25) is 0 Å². The number of rotatable bonds is 4. The molecule has 1 fully saturated rings. The van der Waals surface area contributed by atoms with Crippen molar-refractivity contribution in [1.29, 1.82) is 0 Å². The van der Waals surface area contributed by atoms with E-state index in [1.165, 1.54) is 40.7 Å². The first-order valence-electron chi connectivity index (χ1n) is 7.22. The summed E-state index contributed by atoms with van der Waals surface area (Å²) in [6.07, 6.45) is 2.61. The van der Waals surface area contributed by atoms with Gasteiger partial charge < -0.3 is 5.32 Å². The molecular weight excluding hydrogens is 266 g/mol. The second-order valence-electron chi connectivity index (χ2n) is 5.84. The Morgan fingerprint density at radius 2 is 1.70 bits per heavy atom. The van der Waals surface area contributed by atoms with E-state index in [2.05, 4.69) is 55.6 Å². The van der Waals surface area contributed by atoms with Crippen molar-refractivity contribution in [3.05, 3.63) is 58.1 Å². The van der Waals surface area contributed by atoms with Gasteiger partial charge in [0.15, 0.2) is 0 Å². The normalized spacial score (nSPS) is 14.6.